The number of carbonyl (C=O) groups excluding carboxylic acids is 1. The molecule has 0 aromatic heterocycles. The number of allylic oxidation sites excluding steroid dienone is 4. The maximum Gasteiger partial charge on any atom is 0.252 e. The molecule has 0 radical (unpaired) electrons. The third kappa shape index (κ3) is 3.71. The first-order valence-electron chi connectivity index (χ1n) is 9.86. The van der Waals surface area contributed by atoms with Crippen molar-refractivity contribution in [2.45, 2.75) is 30.3 Å². The predicted molar refractivity (Wildman–Crippen MR) is 114 cm³/mol. The van der Waals surface area contributed by atoms with Crippen molar-refractivity contribution in [2.75, 3.05) is 18.5 Å². The van der Waals surface area contributed by atoms with Crippen LogP contribution in [0.4, 0.5) is 18.9 Å². The first-order chi connectivity index (χ1) is 14.6. The molecule has 1 spiro atoms. The van der Waals surface area contributed by atoms with E-state index in [4.69, 9.17) is 23.2 Å². The molecule has 0 bridgehead atoms. The molecule has 2 N–H and O–H groups in total. The summed E-state index contributed by atoms with van der Waals surface area (Å²) in [6.45, 7) is 2.97. The number of likely N-dealkylation sites (tertiary alicyclic amines) is 1. The van der Waals surface area contributed by atoms with Gasteiger partial charge in [0.1, 0.15) is 11.4 Å². The summed E-state index contributed by atoms with van der Waals surface area (Å²) in [7, 11) is 0. The molecule has 4 rings (SSSR count). The standard InChI is InChI=1S/C22H21Cl2F3N2O2/c1-12(23)3-2-4-18(25)17-8-15(11-30)29(10-13-9-21(13,26)27)22(17)16-6-5-14(24)7-19(16)28-20(22)31/h2-7,13,15,17,30H,1,8-11H2,(H,28,31)/b3-2-,18-4-/t13?,15-,17-,22-/m1/s1. The van der Waals surface area contributed by atoms with E-state index in [1.165, 1.54) is 18.2 Å². The lowest BCUT2D eigenvalue weighted by atomic mass is 9.78. The fourth-order valence-electron chi connectivity index (χ4n) is 4.83. The second-order valence-corrected chi connectivity index (χ2v) is 9.13. The summed E-state index contributed by atoms with van der Waals surface area (Å²) >= 11 is 11.8. The SMILES string of the molecule is C=C(Cl)/C=C\C=C(/F)[C@H]1C[C@H](CO)N(CC2CC2(F)F)[C@@]12C(=O)Nc1cc(Cl)ccc12. The van der Waals surface area contributed by atoms with E-state index in [9.17, 15) is 18.7 Å². The number of amides is 1. The van der Waals surface area contributed by atoms with Gasteiger partial charge >= 0.3 is 0 Å². The van der Waals surface area contributed by atoms with Crippen LogP contribution in [-0.2, 0) is 10.3 Å². The lowest BCUT2D eigenvalue weighted by Gasteiger charge is -2.39. The molecule has 1 saturated heterocycles. The lowest BCUT2D eigenvalue weighted by Crippen LogP contribution is -2.54. The van der Waals surface area contributed by atoms with Crippen LogP contribution in [0.1, 0.15) is 18.4 Å². The summed E-state index contributed by atoms with van der Waals surface area (Å²) in [5.41, 5.74) is -0.703. The van der Waals surface area contributed by atoms with Crippen LogP contribution in [0.3, 0.4) is 0 Å². The van der Waals surface area contributed by atoms with Crippen LogP contribution in [-0.4, -0.2) is 41.0 Å². The molecule has 1 saturated carbocycles. The molecular weight excluding hydrogens is 452 g/mol. The predicted octanol–water partition coefficient (Wildman–Crippen LogP) is 4.99. The van der Waals surface area contributed by atoms with Crippen LogP contribution in [0.25, 0.3) is 0 Å². The zero-order valence-corrected chi connectivity index (χ0v) is 17.9. The van der Waals surface area contributed by atoms with Crippen molar-refractivity contribution in [1.29, 1.82) is 0 Å². The molecule has 1 aromatic carbocycles. The average Bonchev–Trinajstić information content (AvgIpc) is 3.03. The van der Waals surface area contributed by atoms with Gasteiger partial charge in [-0.05, 0) is 30.7 Å². The number of hydrogen-bond donors (Lipinski definition) is 2. The van der Waals surface area contributed by atoms with E-state index in [0.29, 0.717) is 16.3 Å². The molecule has 1 unspecified atom stereocenters. The van der Waals surface area contributed by atoms with E-state index in [2.05, 4.69) is 11.9 Å². The molecule has 2 fully saturated rings. The van der Waals surface area contributed by atoms with Crippen molar-refractivity contribution in [2.24, 2.45) is 11.8 Å². The number of rotatable bonds is 6. The van der Waals surface area contributed by atoms with Crippen LogP contribution >= 0.6 is 23.2 Å². The molecule has 9 heteroatoms. The van der Waals surface area contributed by atoms with Crippen LogP contribution in [0, 0.1) is 11.8 Å². The molecule has 166 valence electrons. The molecule has 2 aliphatic heterocycles. The molecule has 31 heavy (non-hydrogen) atoms. The van der Waals surface area contributed by atoms with Crippen molar-refractivity contribution >= 4 is 34.8 Å². The smallest absolute Gasteiger partial charge is 0.252 e. The highest BCUT2D eigenvalue weighted by Crippen LogP contribution is 2.58. The maximum absolute atomic E-state index is 15.5. The van der Waals surface area contributed by atoms with Gasteiger partial charge in [0, 0.05) is 52.1 Å². The Kier molecular flexibility index (Phi) is 5.75. The minimum absolute atomic E-state index is 0.0856. The Morgan fingerprint density at radius 3 is 2.74 bits per heavy atom. The number of anilines is 1. The van der Waals surface area contributed by atoms with Crippen molar-refractivity contribution in [3.8, 4) is 0 Å². The molecule has 2 heterocycles. The topological polar surface area (TPSA) is 52.6 Å². The quantitative estimate of drug-likeness (QED) is 0.573. The van der Waals surface area contributed by atoms with Crippen molar-refractivity contribution in [3.63, 3.8) is 0 Å². The second-order valence-electron chi connectivity index (χ2n) is 8.21. The molecule has 4 atom stereocenters. The highest BCUT2D eigenvalue weighted by atomic mass is 35.5. The molecule has 3 aliphatic rings. The Morgan fingerprint density at radius 1 is 1.42 bits per heavy atom. The summed E-state index contributed by atoms with van der Waals surface area (Å²) in [5.74, 6) is -5.91. The van der Waals surface area contributed by atoms with Gasteiger partial charge < -0.3 is 10.4 Å². The second kappa shape index (κ2) is 7.96. The first-order valence-corrected chi connectivity index (χ1v) is 10.6. The Bertz CT molecular complexity index is 997. The van der Waals surface area contributed by atoms with Gasteiger partial charge in [0.05, 0.1) is 6.61 Å². The summed E-state index contributed by atoms with van der Waals surface area (Å²) < 4.78 is 43.0. The van der Waals surface area contributed by atoms with Gasteiger partial charge in [-0.2, -0.15) is 0 Å². The van der Waals surface area contributed by atoms with Gasteiger partial charge in [-0.15, -0.1) is 0 Å². The van der Waals surface area contributed by atoms with Crippen LogP contribution in [0.5, 0.6) is 0 Å². The molecule has 1 amide bonds. The Hall–Kier alpha value is -1.80. The highest BCUT2D eigenvalue weighted by molar-refractivity contribution is 6.31. The minimum Gasteiger partial charge on any atom is -0.395 e. The summed E-state index contributed by atoms with van der Waals surface area (Å²) in [5, 5.41) is 13.3. The number of aliphatic hydroxyl groups is 1. The zero-order chi connectivity index (χ0) is 22.6. The molecule has 1 aliphatic carbocycles. The molecular formula is C22H21Cl2F3N2O2. The number of alkyl halides is 2. The first kappa shape index (κ1) is 22.4. The van der Waals surface area contributed by atoms with Crippen LogP contribution in [0.15, 0.2) is 53.9 Å². The van der Waals surface area contributed by atoms with E-state index < -0.39 is 47.7 Å². The summed E-state index contributed by atoms with van der Waals surface area (Å²) in [6.07, 6.45) is 3.75. The van der Waals surface area contributed by atoms with Gasteiger partial charge in [0.2, 0.25) is 5.91 Å². The highest BCUT2D eigenvalue weighted by Gasteiger charge is 2.66. The van der Waals surface area contributed by atoms with Gasteiger partial charge in [-0.25, -0.2) is 13.2 Å². The summed E-state index contributed by atoms with van der Waals surface area (Å²) in [6, 6.07) is 4.08. The number of carbonyl (C=O) groups is 1. The minimum atomic E-state index is -2.82. The van der Waals surface area contributed by atoms with Crippen LogP contribution in [0.2, 0.25) is 5.02 Å². The fourth-order valence-corrected chi connectivity index (χ4v) is 5.07. The number of benzene rings is 1. The average molecular weight is 473 g/mol. The van der Waals surface area contributed by atoms with E-state index >= 15 is 4.39 Å². The van der Waals surface area contributed by atoms with E-state index in [0.717, 1.165) is 0 Å². The Morgan fingerprint density at radius 2 is 2.13 bits per heavy atom. The number of nitrogens with zero attached hydrogens (tertiary/aromatic N) is 1. The number of halogens is 5. The Balaban J connectivity index is 1.84. The van der Waals surface area contributed by atoms with Crippen molar-refractivity contribution in [3.05, 3.63) is 64.5 Å². The van der Waals surface area contributed by atoms with E-state index in [1.54, 1.807) is 23.1 Å². The third-order valence-electron chi connectivity index (χ3n) is 6.34. The third-order valence-corrected chi connectivity index (χ3v) is 6.70. The zero-order valence-electron chi connectivity index (χ0n) is 16.4. The van der Waals surface area contributed by atoms with Gasteiger partial charge in [-0.3, -0.25) is 9.69 Å². The van der Waals surface area contributed by atoms with Crippen molar-refractivity contribution < 1.29 is 23.1 Å². The number of fused-ring (bicyclic) bond motifs is 2. The Labute approximate surface area is 188 Å². The maximum atomic E-state index is 15.5. The van der Waals surface area contributed by atoms with Crippen LogP contribution < -0.4 is 5.32 Å². The number of nitrogens with one attached hydrogen (secondary N) is 1. The number of hydrogen-bond acceptors (Lipinski definition) is 3. The summed E-state index contributed by atoms with van der Waals surface area (Å²) in [4.78, 5) is 14.9. The monoisotopic (exact) mass is 472 g/mol. The fraction of sp³-hybridized carbons (Fsp3) is 0.409. The lowest BCUT2D eigenvalue weighted by molar-refractivity contribution is -0.129. The number of aliphatic hydroxyl groups excluding tert-OH is 1. The largest absolute Gasteiger partial charge is 0.395 e. The van der Waals surface area contributed by atoms with Gasteiger partial charge in [0.15, 0.2) is 0 Å². The van der Waals surface area contributed by atoms with E-state index in [-0.39, 0.29) is 24.4 Å². The van der Waals surface area contributed by atoms with Gasteiger partial charge in [-0.1, -0.05) is 41.9 Å². The molecule has 4 nitrogen and oxygen atoms in total. The normalized spacial score (nSPS) is 32.0. The van der Waals surface area contributed by atoms with E-state index in [1.807, 2.05) is 0 Å². The molecule has 1 aromatic rings. The van der Waals surface area contributed by atoms with Gasteiger partial charge in [0.25, 0.3) is 5.92 Å². The van der Waals surface area contributed by atoms with Crippen molar-refractivity contribution in [1.82, 2.24) is 4.90 Å².